The number of rotatable bonds is 4. The van der Waals surface area contributed by atoms with E-state index in [0.717, 1.165) is 23.2 Å². The van der Waals surface area contributed by atoms with Crippen LogP contribution in [0.3, 0.4) is 0 Å². The molecule has 2 nitrogen and oxygen atoms in total. The van der Waals surface area contributed by atoms with Crippen LogP contribution in [0.1, 0.15) is 31.4 Å². The summed E-state index contributed by atoms with van der Waals surface area (Å²) in [7, 11) is 0. The van der Waals surface area contributed by atoms with Crippen molar-refractivity contribution >= 4 is 23.2 Å². The molecule has 0 aliphatic rings. The first-order chi connectivity index (χ1) is 7.60. The molecule has 88 valence electrons. The highest BCUT2D eigenvalue weighted by atomic mass is 35.5. The summed E-state index contributed by atoms with van der Waals surface area (Å²) in [4.78, 5) is 11.7. The normalized spacial score (nSPS) is 12.2. The molecule has 0 saturated heterocycles. The molecule has 0 heterocycles. The van der Waals surface area contributed by atoms with E-state index >= 15 is 0 Å². The number of hydrogen-bond acceptors (Lipinski definition) is 1. The number of carbonyl (C=O) groups is 1. The molecule has 1 aromatic carbocycles. The molecular weight excluding hydrogens is 222 g/mol. The second-order valence-electron chi connectivity index (χ2n) is 3.83. The van der Waals surface area contributed by atoms with Crippen molar-refractivity contribution in [3.8, 4) is 0 Å². The van der Waals surface area contributed by atoms with Crippen molar-refractivity contribution in [2.24, 2.45) is 0 Å². The first kappa shape index (κ1) is 13.0. The van der Waals surface area contributed by atoms with Crippen LogP contribution in [0.5, 0.6) is 0 Å². The van der Waals surface area contributed by atoms with Gasteiger partial charge >= 0.3 is 0 Å². The minimum Gasteiger partial charge on any atom is -0.324 e. The largest absolute Gasteiger partial charge is 0.324 e. The molecule has 1 N–H and O–H groups in total. The molecule has 0 spiro atoms. The molecule has 1 amide bonds. The van der Waals surface area contributed by atoms with E-state index < -0.39 is 5.38 Å². The number of nitrogens with one attached hydrogen (secondary N) is 1. The molecule has 0 aliphatic carbocycles. The smallest absolute Gasteiger partial charge is 0.242 e. The number of amides is 1. The van der Waals surface area contributed by atoms with Gasteiger partial charge in [-0.15, -0.1) is 11.6 Å². The van der Waals surface area contributed by atoms with Gasteiger partial charge in [0, 0.05) is 5.69 Å². The van der Waals surface area contributed by atoms with E-state index in [-0.39, 0.29) is 5.91 Å². The lowest BCUT2D eigenvalue weighted by Gasteiger charge is -2.14. The molecule has 1 unspecified atom stereocenters. The molecule has 0 aromatic heterocycles. The van der Waals surface area contributed by atoms with Crippen LogP contribution in [0.4, 0.5) is 5.69 Å². The van der Waals surface area contributed by atoms with Crippen molar-refractivity contribution in [3.05, 3.63) is 29.3 Å². The SMILES string of the molecule is CCc1cccc(C)c1NC(=O)C(Cl)CC. The summed E-state index contributed by atoms with van der Waals surface area (Å²) >= 11 is 5.90. The van der Waals surface area contributed by atoms with Gasteiger partial charge in [0.15, 0.2) is 0 Å². The van der Waals surface area contributed by atoms with Crippen molar-refractivity contribution in [1.82, 2.24) is 0 Å². The topological polar surface area (TPSA) is 29.1 Å². The predicted octanol–water partition coefficient (Wildman–Crippen LogP) is 3.51. The van der Waals surface area contributed by atoms with Crippen LogP contribution in [0, 0.1) is 6.92 Å². The minimum atomic E-state index is -0.454. The summed E-state index contributed by atoms with van der Waals surface area (Å²) in [6.07, 6.45) is 1.54. The molecule has 0 saturated carbocycles. The standard InChI is InChI=1S/C13H18ClNO/c1-4-10-8-6-7-9(3)12(10)15-13(16)11(14)5-2/h6-8,11H,4-5H2,1-3H3,(H,15,16). The maximum Gasteiger partial charge on any atom is 0.242 e. The van der Waals surface area contributed by atoms with Gasteiger partial charge in [-0.25, -0.2) is 0 Å². The Labute approximate surface area is 102 Å². The highest BCUT2D eigenvalue weighted by molar-refractivity contribution is 6.32. The fourth-order valence-electron chi connectivity index (χ4n) is 1.59. The average Bonchev–Trinajstić information content (AvgIpc) is 2.30. The summed E-state index contributed by atoms with van der Waals surface area (Å²) in [6.45, 7) is 5.96. The van der Waals surface area contributed by atoms with Gasteiger partial charge in [0.2, 0.25) is 5.91 Å². The van der Waals surface area contributed by atoms with Gasteiger partial charge in [0.1, 0.15) is 5.38 Å². The lowest BCUT2D eigenvalue weighted by atomic mass is 10.1. The Bertz CT molecular complexity index is 376. The van der Waals surface area contributed by atoms with Crippen molar-refractivity contribution in [1.29, 1.82) is 0 Å². The van der Waals surface area contributed by atoms with Crippen LogP contribution in [0.15, 0.2) is 18.2 Å². The summed E-state index contributed by atoms with van der Waals surface area (Å²) < 4.78 is 0. The monoisotopic (exact) mass is 239 g/mol. The highest BCUT2D eigenvalue weighted by Crippen LogP contribution is 2.21. The molecule has 1 aromatic rings. The second kappa shape index (κ2) is 5.90. The number of alkyl halides is 1. The minimum absolute atomic E-state index is 0.117. The molecule has 1 rings (SSSR count). The van der Waals surface area contributed by atoms with E-state index in [9.17, 15) is 4.79 Å². The second-order valence-corrected chi connectivity index (χ2v) is 4.35. The Morgan fingerprint density at radius 1 is 1.44 bits per heavy atom. The molecule has 16 heavy (non-hydrogen) atoms. The van der Waals surface area contributed by atoms with E-state index in [1.807, 2.05) is 32.0 Å². The van der Waals surface area contributed by atoms with Gasteiger partial charge in [0.25, 0.3) is 0 Å². The third-order valence-corrected chi connectivity index (χ3v) is 3.14. The Hall–Kier alpha value is -1.02. The third kappa shape index (κ3) is 2.99. The molecule has 0 bridgehead atoms. The van der Waals surface area contributed by atoms with Gasteiger partial charge in [-0.2, -0.15) is 0 Å². The Balaban J connectivity index is 2.92. The Morgan fingerprint density at radius 2 is 2.12 bits per heavy atom. The zero-order chi connectivity index (χ0) is 12.1. The number of hydrogen-bond donors (Lipinski definition) is 1. The fraction of sp³-hybridized carbons (Fsp3) is 0.462. The van der Waals surface area contributed by atoms with Gasteiger partial charge < -0.3 is 5.32 Å². The first-order valence-corrected chi connectivity index (χ1v) is 6.07. The zero-order valence-electron chi connectivity index (χ0n) is 10.0. The average molecular weight is 240 g/mol. The van der Waals surface area contributed by atoms with E-state index in [4.69, 9.17) is 11.6 Å². The van der Waals surface area contributed by atoms with Crippen molar-refractivity contribution < 1.29 is 4.79 Å². The zero-order valence-corrected chi connectivity index (χ0v) is 10.8. The Kier molecular flexibility index (Phi) is 4.81. The van der Waals surface area contributed by atoms with Gasteiger partial charge in [-0.3, -0.25) is 4.79 Å². The van der Waals surface area contributed by atoms with E-state index in [0.29, 0.717) is 6.42 Å². The third-order valence-electron chi connectivity index (χ3n) is 2.63. The van der Waals surface area contributed by atoms with Crippen LogP contribution in [0.25, 0.3) is 0 Å². The number of anilines is 1. The van der Waals surface area contributed by atoms with E-state index in [2.05, 4.69) is 12.2 Å². The molecular formula is C13H18ClNO. The maximum atomic E-state index is 11.7. The van der Waals surface area contributed by atoms with Crippen LogP contribution < -0.4 is 5.32 Å². The van der Waals surface area contributed by atoms with Crippen molar-refractivity contribution in [2.75, 3.05) is 5.32 Å². The fourth-order valence-corrected chi connectivity index (χ4v) is 1.64. The number of para-hydroxylation sites is 1. The molecule has 3 heteroatoms. The maximum absolute atomic E-state index is 11.7. The van der Waals surface area contributed by atoms with Crippen LogP contribution in [-0.4, -0.2) is 11.3 Å². The predicted molar refractivity (Wildman–Crippen MR) is 69.1 cm³/mol. The molecule has 0 fully saturated rings. The van der Waals surface area contributed by atoms with Crippen molar-refractivity contribution in [3.63, 3.8) is 0 Å². The summed E-state index contributed by atoms with van der Waals surface area (Å²) in [5.74, 6) is -0.117. The van der Waals surface area contributed by atoms with Crippen LogP contribution >= 0.6 is 11.6 Å². The number of benzene rings is 1. The number of halogens is 1. The number of carbonyl (C=O) groups excluding carboxylic acids is 1. The Morgan fingerprint density at radius 3 is 2.69 bits per heavy atom. The van der Waals surface area contributed by atoms with Crippen LogP contribution in [-0.2, 0) is 11.2 Å². The van der Waals surface area contributed by atoms with E-state index in [1.54, 1.807) is 0 Å². The lowest BCUT2D eigenvalue weighted by Crippen LogP contribution is -2.23. The van der Waals surface area contributed by atoms with Crippen LogP contribution in [0.2, 0.25) is 0 Å². The van der Waals surface area contributed by atoms with Gasteiger partial charge in [0.05, 0.1) is 0 Å². The molecule has 1 atom stereocenters. The molecule has 0 aliphatic heterocycles. The summed E-state index contributed by atoms with van der Waals surface area (Å²) in [6, 6.07) is 6.02. The van der Waals surface area contributed by atoms with Gasteiger partial charge in [-0.05, 0) is 30.9 Å². The summed E-state index contributed by atoms with van der Waals surface area (Å²) in [5.41, 5.74) is 3.13. The highest BCUT2D eigenvalue weighted by Gasteiger charge is 2.15. The van der Waals surface area contributed by atoms with Crippen molar-refractivity contribution in [2.45, 2.75) is 39.0 Å². The summed E-state index contributed by atoms with van der Waals surface area (Å²) in [5, 5.41) is 2.46. The van der Waals surface area contributed by atoms with Gasteiger partial charge in [-0.1, -0.05) is 32.0 Å². The first-order valence-electron chi connectivity index (χ1n) is 5.63. The van der Waals surface area contributed by atoms with E-state index in [1.165, 1.54) is 0 Å². The molecule has 0 radical (unpaired) electrons. The number of aryl methyl sites for hydroxylation is 2. The lowest BCUT2D eigenvalue weighted by molar-refractivity contribution is -0.115. The quantitative estimate of drug-likeness (QED) is 0.801.